The Kier molecular flexibility index (Phi) is 6.55. The Balaban J connectivity index is 2.37. The van der Waals surface area contributed by atoms with Crippen molar-refractivity contribution in [2.45, 2.75) is 26.4 Å². The smallest absolute Gasteiger partial charge is 0.355 e. The summed E-state index contributed by atoms with van der Waals surface area (Å²) in [5.74, 6) is -1.40. The number of hydrogen-bond donors (Lipinski definition) is 2. The molecule has 10 heteroatoms. The lowest BCUT2D eigenvalue weighted by molar-refractivity contribution is -0.137. The second-order valence-corrected chi connectivity index (χ2v) is 5.96. The summed E-state index contributed by atoms with van der Waals surface area (Å²) < 4.78 is 40.8. The fourth-order valence-electron chi connectivity index (χ4n) is 2.42. The molecule has 7 nitrogen and oxygen atoms in total. The quantitative estimate of drug-likeness (QED) is 0.779. The van der Waals surface area contributed by atoms with Gasteiger partial charge >= 0.3 is 6.18 Å². The number of para-hydroxylation sites is 1. The molecule has 0 unspecified atom stereocenters. The standard InChI is InChI=1S/C18H19F3N4O3/c1-3-8-22-15(27)10-23-17(28)16-14(26)9-11(2)25(24-16)13-7-5-4-6-12(13)18(19,20)21/h4-7,9H,3,8,10H2,1-2H3,(H,22,27)(H,23,28). The largest absolute Gasteiger partial charge is 0.418 e. The number of aromatic nitrogens is 2. The summed E-state index contributed by atoms with van der Waals surface area (Å²) in [6.07, 6.45) is -3.93. The van der Waals surface area contributed by atoms with Crippen LogP contribution in [0.3, 0.4) is 0 Å². The predicted octanol–water partition coefficient (Wildman–Crippen LogP) is 1.82. The van der Waals surface area contributed by atoms with Gasteiger partial charge in [0.05, 0.1) is 17.8 Å². The Hall–Kier alpha value is -3.17. The molecule has 0 radical (unpaired) electrons. The number of alkyl halides is 3. The van der Waals surface area contributed by atoms with Crippen LogP contribution in [0.2, 0.25) is 0 Å². The van der Waals surface area contributed by atoms with E-state index < -0.39 is 34.7 Å². The van der Waals surface area contributed by atoms with E-state index in [1.807, 2.05) is 6.92 Å². The Bertz CT molecular complexity index is 938. The van der Waals surface area contributed by atoms with Crippen LogP contribution in [0.15, 0.2) is 35.1 Å². The molecule has 0 aliphatic rings. The number of benzene rings is 1. The van der Waals surface area contributed by atoms with Gasteiger partial charge in [-0.15, -0.1) is 0 Å². The highest BCUT2D eigenvalue weighted by atomic mass is 19.4. The van der Waals surface area contributed by atoms with Crippen LogP contribution >= 0.6 is 0 Å². The summed E-state index contributed by atoms with van der Waals surface area (Å²) >= 11 is 0. The van der Waals surface area contributed by atoms with E-state index in [4.69, 9.17) is 0 Å². The van der Waals surface area contributed by atoms with Crippen LogP contribution in [-0.2, 0) is 11.0 Å². The van der Waals surface area contributed by atoms with Crippen LogP contribution in [0.1, 0.15) is 35.1 Å². The molecule has 0 fully saturated rings. The normalized spacial score (nSPS) is 11.2. The summed E-state index contributed by atoms with van der Waals surface area (Å²) in [4.78, 5) is 35.9. The minimum atomic E-state index is -4.65. The minimum absolute atomic E-state index is 0.124. The zero-order chi connectivity index (χ0) is 20.9. The molecule has 1 aromatic carbocycles. The molecular weight excluding hydrogens is 377 g/mol. The second-order valence-electron chi connectivity index (χ2n) is 5.96. The summed E-state index contributed by atoms with van der Waals surface area (Å²) in [7, 11) is 0. The van der Waals surface area contributed by atoms with Crippen molar-refractivity contribution in [3.8, 4) is 5.69 Å². The van der Waals surface area contributed by atoms with Crippen molar-refractivity contribution in [3.05, 3.63) is 57.5 Å². The van der Waals surface area contributed by atoms with E-state index in [0.29, 0.717) is 13.0 Å². The van der Waals surface area contributed by atoms with Crippen molar-refractivity contribution in [1.29, 1.82) is 0 Å². The van der Waals surface area contributed by atoms with Gasteiger partial charge in [-0.05, 0) is 25.5 Å². The average Bonchev–Trinajstić information content (AvgIpc) is 2.64. The van der Waals surface area contributed by atoms with Crippen LogP contribution in [0.4, 0.5) is 13.2 Å². The maximum absolute atomic E-state index is 13.3. The van der Waals surface area contributed by atoms with E-state index in [9.17, 15) is 27.6 Å². The maximum atomic E-state index is 13.3. The molecule has 1 heterocycles. The number of rotatable bonds is 6. The molecule has 28 heavy (non-hydrogen) atoms. The van der Waals surface area contributed by atoms with Gasteiger partial charge < -0.3 is 10.6 Å². The van der Waals surface area contributed by atoms with Gasteiger partial charge in [0.25, 0.3) is 5.91 Å². The summed E-state index contributed by atoms with van der Waals surface area (Å²) in [5.41, 5.74) is -2.52. The summed E-state index contributed by atoms with van der Waals surface area (Å²) in [6.45, 7) is 3.31. The third kappa shape index (κ3) is 4.96. The number of carbonyl (C=O) groups excluding carboxylic acids is 2. The highest BCUT2D eigenvalue weighted by Gasteiger charge is 2.34. The van der Waals surface area contributed by atoms with Crippen LogP contribution in [0.5, 0.6) is 0 Å². The molecule has 2 aromatic rings. The molecule has 2 rings (SSSR count). The fourth-order valence-corrected chi connectivity index (χ4v) is 2.42. The molecule has 0 aliphatic heterocycles. The van der Waals surface area contributed by atoms with Gasteiger partial charge in [0, 0.05) is 18.3 Å². The van der Waals surface area contributed by atoms with Gasteiger partial charge in [0.15, 0.2) is 5.69 Å². The molecule has 0 saturated carbocycles. The van der Waals surface area contributed by atoms with Gasteiger partial charge in [0.1, 0.15) is 0 Å². The van der Waals surface area contributed by atoms with Crippen molar-refractivity contribution < 1.29 is 22.8 Å². The molecule has 0 atom stereocenters. The molecule has 150 valence electrons. The summed E-state index contributed by atoms with van der Waals surface area (Å²) in [6, 6.07) is 5.71. The zero-order valence-corrected chi connectivity index (χ0v) is 15.3. The minimum Gasteiger partial charge on any atom is -0.355 e. The molecule has 2 amide bonds. The number of halogens is 3. The Morgan fingerprint density at radius 3 is 2.50 bits per heavy atom. The SMILES string of the molecule is CCCNC(=O)CNC(=O)c1nn(-c2ccccc2C(F)(F)F)c(C)cc1=O. The molecule has 2 N–H and O–H groups in total. The van der Waals surface area contributed by atoms with Crippen LogP contribution in [-0.4, -0.2) is 34.7 Å². The van der Waals surface area contributed by atoms with Gasteiger partial charge in [-0.3, -0.25) is 14.4 Å². The molecule has 1 aromatic heterocycles. The first kappa shape index (κ1) is 21.1. The number of nitrogens with zero attached hydrogens (tertiary/aromatic N) is 2. The third-order valence-electron chi connectivity index (χ3n) is 3.74. The first-order chi connectivity index (χ1) is 13.1. The Labute approximate surface area is 158 Å². The number of amides is 2. The number of nitrogens with one attached hydrogen (secondary N) is 2. The van der Waals surface area contributed by atoms with Gasteiger partial charge in [-0.2, -0.15) is 18.3 Å². The van der Waals surface area contributed by atoms with E-state index in [1.165, 1.54) is 25.1 Å². The number of aryl methyl sites for hydroxylation is 1. The Morgan fingerprint density at radius 1 is 1.18 bits per heavy atom. The molecule has 0 saturated heterocycles. The van der Waals surface area contributed by atoms with Gasteiger partial charge in [0.2, 0.25) is 11.3 Å². The van der Waals surface area contributed by atoms with E-state index in [1.54, 1.807) is 0 Å². The van der Waals surface area contributed by atoms with Gasteiger partial charge in [-0.25, -0.2) is 4.68 Å². The predicted molar refractivity (Wildman–Crippen MR) is 95.2 cm³/mol. The second kappa shape index (κ2) is 8.68. The number of hydrogen-bond acceptors (Lipinski definition) is 4. The van der Waals surface area contributed by atoms with E-state index in [0.717, 1.165) is 16.8 Å². The van der Waals surface area contributed by atoms with Crippen molar-refractivity contribution in [1.82, 2.24) is 20.4 Å². The monoisotopic (exact) mass is 396 g/mol. The van der Waals surface area contributed by atoms with Crippen molar-refractivity contribution >= 4 is 11.8 Å². The topological polar surface area (TPSA) is 93.1 Å². The van der Waals surface area contributed by atoms with Gasteiger partial charge in [-0.1, -0.05) is 19.1 Å². The molecular formula is C18H19F3N4O3. The highest BCUT2D eigenvalue weighted by molar-refractivity contribution is 5.94. The van der Waals surface area contributed by atoms with Crippen LogP contribution in [0, 0.1) is 6.92 Å². The summed E-state index contributed by atoms with van der Waals surface area (Å²) in [5, 5.41) is 8.60. The first-order valence-corrected chi connectivity index (χ1v) is 8.47. The third-order valence-corrected chi connectivity index (χ3v) is 3.74. The fraction of sp³-hybridized carbons (Fsp3) is 0.333. The van der Waals surface area contributed by atoms with E-state index >= 15 is 0 Å². The van der Waals surface area contributed by atoms with E-state index in [2.05, 4.69) is 15.7 Å². The first-order valence-electron chi connectivity index (χ1n) is 8.47. The van der Waals surface area contributed by atoms with Crippen molar-refractivity contribution in [2.24, 2.45) is 0 Å². The molecule has 0 bridgehead atoms. The molecule has 0 aliphatic carbocycles. The van der Waals surface area contributed by atoms with Crippen molar-refractivity contribution in [3.63, 3.8) is 0 Å². The lowest BCUT2D eigenvalue weighted by Gasteiger charge is -2.16. The van der Waals surface area contributed by atoms with Crippen LogP contribution in [0.25, 0.3) is 5.69 Å². The van der Waals surface area contributed by atoms with Crippen LogP contribution < -0.4 is 16.1 Å². The Morgan fingerprint density at radius 2 is 1.86 bits per heavy atom. The molecule has 0 spiro atoms. The van der Waals surface area contributed by atoms with Crippen molar-refractivity contribution in [2.75, 3.05) is 13.1 Å². The lowest BCUT2D eigenvalue weighted by atomic mass is 10.1. The number of carbonyl (C=O) groups is 2. The lowest BCUT2D eigenvalue weighted by Crippen LogP contribution is -2.39. The highest BCUT2D eigenvalue weighted by Crippen LogP contribution is 2.33. The maximum Gasteiger partial charge on any atom is 0.418 e. The van der Waals surface area contributed by atoms with E-state index in [-0.39, 0.29) is 17.9 Å². The average molecular weight is 396 g/mol. The zero-order valence-electron chi connectivity index (χ0n) is 15.3.